The van der Waals surface area contributed by atoms with Crippen molar-refractivity contribution in [2.45, 2.75) is 32.0 Å². The number of aliphatic hydroxyl groups is 2. The summed E-state index contributed by atoms with van der Waals surface area (Å²) in [6, 6.07) is 0. The first kappa shape index (κ1) is 13.4. The molecule has 84 valence electrons. The van der Waals surface area contributed by atoms with Gasteiger partial charge in [0.2, 0.25) is 0 Å². The summed E-state index contributed by atoms with van der Waals surface area (Å²) in [7, 11) is 1.22. The van der Waals surface area contributed by atoms with E-state index in [0.29, 0.717) is 13.0 Å². The van der Waals surface area contributed by atoms with Crippen LogP contribution in [0.25, 0.3) is 0 Å². The molecule has 2 atom stereocenters. The Hall–Kier alpha value is -0.650. The topological polar surface area (TPSA) is 78.8 Å². The van der Waals surface area contributed by atoms with Crippen molar-refractivity contribution >= 4 is 5.97 Å². The van der Waals surface area contributed by atoms with Gasteiger partial charge in [-0.1, -0.05) is 6.92 Å². The zero-order chi connectivity index (χ0) is 11.2. The summed E-state index contributed by atoms with van der Waals surface area (Å²) in [6.45, 7) is 3.63. The van der Waals surface area contributed by atoms with Crippen molar-refractivity contribution in [3.05, 3.63) is 0 Å². The van der Waals surface area contributed by atoms with Gasteiger partial charge in [-0.25, -0.2) is 4.79 Å². The highest BCUT2D eigenvalue weighted by Gasteiger charge is 2.30. The number of hydrogen-bond acceptors (Lipinski definition) is 5. The second-order valence-corrected chi connectivity index (χ2v) is 3.46. The monoisotopic (exact) mass is 205 g/mol. The van der Waals surface area contributed by atoms with Gasteiger partial charge >= 0.3 is 5.97 Å². The number of carbonyl (C=O) groups is 1. The van der Waals surface area contributed by atoms with E-state index in [0.717, 1.165) is 0 Å². The standard InChI is InChI=1S/C9H19NO4/c1-4-7(11)5-10-6-9(2,13)8(12)14-3/h7,10-11,13H,4-6H2,1-3H3. The molecule has 3 N–H and O–H groups in total. The largest absolute Gasteiger partial charge is 0.467 e. The van der Waals surface area contributed by atoms with Gasteiger partial charge in [0.05, 0.1) is 13.2 Å². The summed E-state index contributed by atoms with van der Waals surface area (Å²) in [5, 5.41) is 21.5. The van der Waals surface area contributed by atoms with E-state index in [4.69, 9.17) is 0 Å². The number of hydrogen-bond donors (Lipinski definition) is 3. The van der Waals surface area contributed by atoms with Gasteiger partial charge in [-0.05, 0) is 13.3 Å². The molecule has 0 spiro atoms. The van der Waals surface area contributed by atoms with Gasteiger partial charge in [-0.2, -0.15) is 0 Å². The number of aliphatic hydroxyl groups excluding tert-OH is 1. The Kier molecular flexibility index (Phi) is 5.68. The lowest BCUT2D eigenvalue weighted by molar-refractivity contribution is -0.160. The maximum absolute atomic E-state index is 11.0. The van der Waals surface area contributed by atoms with Crippen LogP contribution in [-0.4, -0.2) is 48.1 Å². The van der Waals surface area contributed by atoms with E-state index >= 15 is 0 Å². The van der Waals surface area contributed by atoms with E-state index in [1.165, 1.54) is 14.0 Å². The number of esters is 1. The lowest BCUT2D eigenvalue weighted by Gasteiger charge is -2.21. The molecule has 0 saturated carbocycles. The van der Waals surface area contributed by atoms with Crippen LogP contribution >= 0.6 is 0 Å². The van der Waals surface area contributed by atoms with Crippen LogP contribution in [0.5, 0.6) is 0 Å². The molecule has 5 nitrogen and oxygen atoms in total. The average molecular weight is 205 g/mol. The highest BCUT2D eigenvalue weighted by Crippen LogP contribution is 2.03. The molecule has 0 radical (unpaired) electrons. The third-order valence-electron chi connectivity index (χ3n) is 1.95. The Labute approximate surface area is 84.1 Å². The predicted octanol–water partition coefficient (Wildman–Crippen LogP) is -0.729. The predicted molar refractivity (Wildman–Crippen MR) is 51.8 cm³/mol. The Morgan fingerprint density at radius 2 is 2.21 bits per heavy atom. The minimum atomic E-state index is -1.54. The van der Waals surface area contributed by atoms with Gasteiger partial charge < -0.3 is 20.3 Å². The molecule has 0 aliphatic carbocycles. The van der Waals surface area contributed by atoms with Crippen LogP contribution in [0.15, 0.2) is 0 Å². The highest BCUT2D eigenvalue weighted by molar-refractivity contribution is 5.78. The molecule has 0 saturated heterocycles. The Morgan fingerprint density at radius 3 is 2.64 bits per heavy atom. The van der Waals surface area contributed by atoms with E-state index in [1.807, 2.05) is 6.92 Å². The Balaban J connectivity index is 3.82. The van der Waals surface area contributed by atoms with E-state index in [2.05, 4.69) is 10.1 Å². The minimum absolute atomic E-state index is 0.0662. The first-order valence-corrected chi connectivity index (χ1v) is 4.63. The van der Waals surface area contributed by atoms with Crippen molar-refractivity contribution in [1.29, 1.82) is 0 Å². The van der Waals surface area contributed by atoms with Crippen molar-refractivity contribution in [3.63, 3.8) is 0 Å². The van der Waals surface area contributed by atoms with Gasteiger partial charge in [-0.15, -0.1) is 0 Å². The van der Waals surface area contributed by atoms with E-state index < -0.39 is 17.7 Å². The van der Waals surface area contributed by atoms with Gasteiger partial charge in [0.25, 0.3) is 0 Å². The number of rotatable bonds is 6. The van der Waals surface area contributed by atoms with Crippen LogP contribution in [-0.2, 0) is 9.53 Å². The summed E-state index contributed by atoms with van der Waals surface area (Å²) in [6.07, 6.45) is 0.177. The molecule has 0 amide bonds. The van der Waals surface area contributed by atoms with Crippen LogP contribution in [0.4, 0.5) is 0 Å². The lowest BCUT2D eigenvalue weighted by Crippen LogP contribution is -2.47. The molecule has 0 rings (SSSR count). The second-order valence-electron chi connectivity index (χ2n) is 3.46. The van der Waals surface area contributed by atoms with Gasteiger partial charge in [0.15, 0.2) is 5.60 Å². The molecule has 0 aliphatic heterocycles. The lowest BCUT2D eigenvalue weighted by atomic mass is 10.1. The SMILES string of the molecule is CCC(O)CNCC(C)(O)C(=O)OC. The minimum Gasteiger partial charge on any atom is -0.467 e. The number of carbonyl (C=O) groups excluding carboxylic acids is 1. The quantitative estimate of drug-likeness (QED) is 0.498. The van der Waals surface area contributed by atoms with E-state index in [-0.39, 0.29) is 6.54 Å². The van der Waals surface area contributed by atoms with E-state index in [1.54, 1.807) is 0 Å². The molecule has 14 heavy (non-hydrogen) atoms. The third kappa shape index (κ3) is 4.55. The van der Waals surface area contributed by atoms with Crippen molar-refractivity contribution in [2.75, 3.05) is 20.2 Å². The molecule has 0 heterocycles. The number of methoxy groups -OCH3 is 1. The van der Waals surface area contributed by atoms with Crippen molar-refractivity contribution < 1.29 is 19.7 Å². The smallest absolute Gasteiger partial charge is 0.338 e. The molecule has 5 heteroatoms. The van der Waals surface area contributed by atoms with Crippen LogP contribution in [0.3, 0.4) is 0 Å². The number of nitrogens with one attached hydrogen (secondary N) is 1. The first-order chi connectivity index (χ1) is 6.44. The Morgan fingerprint density at radius 1 is 1.64 bits per heavy atom. The normalized spacial score (nSPS) is 17.2. The van der Waals surface area contributed by atoms with Crippen LogP contribution < -0.4 is 5.32 Å². The second kappa shape index (κ2) is 5.95. The Bertz CT molecular complexity index is 182. The molecule has 0 aromatic rings. The summed E-state index contributed by atoms with van der Waals surface area (Å²) in [4.78, 5) is 11.0. The van der Waals surface area contributed by atoms with Gasteiger partial charge in [-0.3, -0.25) is 0 Å². The molecular formula is C9H19NO4. The van der Waals surface area contributed by atoms with Crippen molar-refractivity contribution in [1.82, 2.24) is 5.32 Å². The molecule has 2 unspecified atom stereocenters. The maximum atomic E-state index is 11.0. The fraction of sp³-hybridized carbons (Fsp3) is 0.889. The van der Waals surface area contributed by atoms with Crippen LogP contribution in [0, 0.1) is 0 Å². The third-order valence-corrected chi connectivity index (χ3v) is 1.95. The molecule has 0 aromatic heterocycles. The maximum Gasteiger partial charge on any atom is 0.338 e. The van der Waals surface area contributed by atoms with E-state index in [9.17, 15) is 15.0 Å². The fourth-order valence-corrected chi connectivity index (χ4v) is 0.919. The summed E-state index contributed by atoms with van der Waals surface area (Å²) in [5.74, 6) is -0.684. The van der Waals surface area contributed by atoms with Crippen molar-refractivity contribution in [3.8, 4) is 0 Å². The van der Waals surface area contributed by atoms with Gasteiger partial charge in [0.1, 0.15) is 0 Å². The first-order valence-electron chi connectivity index (χ1n) is 4.63. The highest BCUT2D eigenvalue weighted by atomic mass is 16.5. The average Bonchev–Trinajstić information content (AvgIpc) is 2.15. The molecule has 0 aromatic carbocycles. The molecular weight excluding hydrogens is 186 g/mol. The van der Waals surface area contributed by atoms with Crippen LogP contribution in [0.1, 0.15) is 20.3 Å². The fourth-order valence-electron chi connectivity index (χ4n) is 0.919. The number of ether oxygens (including phenoxy) is 1. The summed E-state index contributed by atoms with van der Waals surface area (Å²) >= 11 is 0. The van der Waals surface area contributed by atoms with Crippen molar-refractivity contribution in [2.24, 2.45) is 0 Å². The molecule has 0 fully saturated rings. The molecule has 0 bridgehead atoms. The molecule has 0 aliphatic rings. The summed E-state index contributed by atoms with van der Waals surface area (Å²) in [5.41, 5.74) is -1.54. The zero-order valence-electron chi connectivity index (χ0n) is 8.91. The van der Waals surface area contributed by atoms with Gasteiger partial charge in [0, 0.05) is 13.1 Å². The summed E-state index contributed by atoms with van der Waals surface area (Å²) < 4.78 is 4.41. The van der Waals surface area contributed by atoms with Crippen LogP contribution in [0.2, 0.25) is 0 Å². The zero-order valence-corrected chi connectivity index (χ0v) is 8.91.